The fourth-order valence-electron chi connectivity index (χ4n) is 3.54. The van der Waals surface area contributed by atoms with Crippen molar-refractivity contribution in [3.05, 3.63) is 56.6 Å². The molecule has 0 radical (unpaired) electrons. The van der Waals surface area contributed by atoms with E-state index >= 15 is 0 Å². The minimum absolute atomic E-state index is 0.0234. The molecule has 0 saturated carbocycles. The maximum atomic E-state index is 11.4. The summed E-state index contributed by atoms with van der Waals surface area (Å²) in [7, 11) is 3.23. The number of aromatic nitrogens is 4. The van der Waals surface area contributed by atoms with E-state index in [-0.39, 0.29) is 30.4 Å². The van der Waals surface area contributed by atoms with Crippen molar-refractivity contribution in [3.63, 3.8) is 0 Å². The number of nitrogens with zero attached hydrogens (tertiary/aromatic N) is 6. The number of carboxylic acid groups (broad SMARTS) is 1. The van der Waals surface area contributed by atoms with Gasteiger partial charge in [-0.2, -0.15) is 10.2 Å². The fraction of sp³-hybridized carbons (Fsp3) is 0.273. The van der Waals surface area contributed by atoms with Crippen LogP contribution in [-0.4, -0.2) is 81.1 Å². The summed E-state index contributed by atoms with van der Waals surface area (Å²) in [6, 6.07) is 8.68. The molecule has 16 heteroatoms. The molecule has 0 aliphatic heterocycles. The normalized spacial score (nSPS) is 10.5. The minimum Gasteiger partial charge on any atom is -0.480 e. The highest BCUT2D eigenvalue weighted by molar-refractivity contribution is 5.93. The number of aliphatic carboxylic acids is 1. The van der Waals surface area contributed by atoms with Crippen LogP contribution >= 0.6 is 0 Å². The average molecular weight is 528 g/mol. The van der Waals surface area contributed by atoms with Gasteiger partial charge in [0.2, 0.25) is 0 Å². The van der Waals surface area contributed by atoms with Crippen molar-refractivity contribution < 1.29 is 29.3 Å². The van der Waals surface area contributed by atoms with Gasteiger partial charge in [-0.25, -0.2) is 0 Å². The Morgan fingerprint density at radius 3 is 1.74 bits per heavy atom. The first-order chi connectivity index (χ1) is 18.0. The van der Waals surface area contributed by atoms with Crippen molar-refractivity contribution in [3.8, 4) is 0 Å². The molecule has 4 aromatic rings. The lowest BCUT2D eigenvalue weighted by Gasteiger charge is -2.15. The van der Waals surface area contributed by atoms with E-state index < -0.39 is 15.8 Å². The van der Waals surface area contributed by atoms with Gasteiger partial charge in [0.1, 0.15) is 13.1 Å². The van der Waals surface area contributed by atoms with E-state index in [9.17, 15) is 29.8 Å². The average Bonchev–Trinajstić information content (AvgIpc) is 3.47. The number of hydrogen-bond donors (Lipinski definition) is 3. The Morgan fingerprint density at radius 2 is 1.34 bits per heavy atom. The highest BCUT2D eigenvalue weighted by Gasteiger charge is 2.17. The molecule has 0 saturated heterocycles. The summed E-state index contributed by atoms with van der Waals surface area (Å²) in [5.41, 5.74) is 1.20. The number of nitro groups is 2. The number of nitro benzene ring substituents is 2. The quantitative estimate of drug-likeness (QED) is 0.162. The third-order valence-corrected chi connectivity index (χ3v) is 5.24. The van der Waals surface area contributed by atoms with E-state index in [4.69, 9.17) is 9.84 Å². The summed E-state index contributed by atoms with van der Waals surface area (Å²) in [5.74, 6) is -0.538. The first-order valence-corrected chi connectivity index (χ1v) is 11.1. The molecule has 0 atom stereocenters. The van der Waals surface area contributed by atoms with E-state index in [0.29, 0.717) is 40.0 Å². The molecule has 4 rings (SSSR count). The Morgan fingerprint density at radius 1 is 0.895 bits per heavy atom. The molecule has 0 unspecified atom stereocenters. The Kier molecular flexibility index (Phi) is 8.36. The van der Waals surface area contributed by atoms with Crippen molar-refractivity contribution in [2.75, 3.05) is 43.6 Å². The van der Waals surface area contributed by atoms with Gasteiger partial charge in [-0.3, -0.25) is 40.0 Å². The summed E-state index contributed by atoms with van der Waals surface area (Å²) in [5, 5.41) is 44.8. The van der Waals surface area contributed by atoms with E-state index in [1.54, 1.807) is 38.1 Å². The van der Waals surface area contributed by atoms with Crippen molar-refractivity contribution in [1.29, 1.82) is 0 Å². The van der Waals surface area contributed by atoms with Crippen LogP contribution in [0, 0.1) is 20.2 Å². The molecule has 0 aliphatic carbocycles. The van der Waals surface area contributed by atoms with Crippen molar-refractivity contribution in [2.45, 2.75) is 6.92 Å². The molecule has 2 aromatic carbocycles. The van der Waals surface area contributed by atoms with E-state index in [2.05, 4.69) is 20.4 Å². The van der Waals surface area contributed by atoms with Crippen LogP contribution in [0.15, 0.2) is 36.4 Å². The van der Waals surface area contributed by atoms with Crippen LogP contribution in [0.4, 0.5) is 23.0 Å². The summed E-state index contributed by atoms with van der Waals surface area (Å²) in [6.45, 7) is 1.82. The highest BCUT2D eigenvalue weighted by Crippen LogP contribution is 2.28. The second kappa shape index (κ2) is 11.6. The molecule has 0 amide bonds. The number of carbonyl (C=O) groups excluding carboxylic acids is 1. The zero-order valence-corrected chi connectivity index (χ0v) is 20.6. The lowest BCUT2D eigenvalue weighted by Crippen LogP contribution is -2.27. The number of ether oxygens (including phenoxy) is 1. The number of H-pyrrole nitrogens is 2. The number of nitrogens with one attached hydrogen (secondary N) is 2. The summed E-state index contributed by atoms with van der Waals surface area (Å²) in [4.78, 5) is 45.6. The monoisotopic (exact) mass is 528 g/mol. The van der Waals surface area contributed by atoms with Crippen LogP contribution in [-0.2, 0) is 14.3 Å². The van der Waals surface area contributed by atoms with E-state index in [0.717, 1.165) is 0 Å². The molecule has 38 heavy (non-hydrogen) atoms. The van der Waals surface area contributed by atoms with Gasteiger partial charge in [0, 0.05) is 38.4 Å². The van der Waals surface area contributed by atoms with Gasteiger partial charge < -0.3 is 19.6 Å². The Balaban J connectivity index is 0.000000212. The van der Waals surface area contributed by atoms with Crippen molar-refractivity contribution in [2.24, 2.45) is 0 Å². The van der Waals surface area contributed by atoms with Crippen LogP contribution in [0.3, 0.4) is 0 Å². The van der Waals surface area contributed by atoms with Crippen LogP contribution in [0.25, 0.3) is 21.8 Å². The number of anilines is 2. The number of likely N-dealkylation sites (N-methyl/N-ethyl adjacent to an activating group) is 2. The molecule has 2 aromatic heterocycles. The smallest absolute Gasteiger partial charge is 0.325 e. The summed E-state index contributed by atoms with van der Waals surface area (Å²) in [6.07, 6.45) is 0. The second-order valence-electron chi connectivity index (χ2n) is 7.98. The van der Waals surface area contributed by atoms with Gasteiger partial charge in [-0.15, -0.1) is 0 Å². The van der Waals surface area contributed by atoms with E-state index in [1.807, 2.05) is 0 Å². The SMILES string of the molecule is CCOC(=O)CN(C)c1n[nH]c2ccc([N+](=O)[O-])cc12.CN(CC(=O)O)c1n[nH]c2ccc([N+](=O)[O-])cc12. The van der Waals surface area contributed by atoms with Crippen molar-refractivity contribution in [1.82, 2.24) is 20.4 Å². The maximum absolute atomic E-state index is 11.4. The number of benzene rings is 2. The molecule has 0 bridgehead atoms. The lowest BCUT2D eigenvalue weighted by atomic mass is 10.2. The third-order valence-electron chi connectivity index (χ3n) is 5.24. The molecular weight excluding hydrogens is 504 g/mol. The fourth-order valence-corrected chi connectivity index (χ4v) is 3.54. The predicted octanol–water partition coefficient (Wildman–Crippen LogP) is 2.46. The van der Waals surface area contributed by atoms with Crippen LogP contribution < -0.4 is 9.80 Å². The molecule has 3 N–H and O–H groups in total. The summed E-state index contributed by atoms with van der Waals surface area (Å²) >= 11 is 0. The van der Waals surface area contributed by atoms with Gasteiger partial charge in [0.15, 0.2) is 11.6 Å². The van der Waals surface area contributed by atoms with Crippen LogP contribution in [0.5, 0.6) is 0 Å². The number of hydrogen-bond acceptors (Lipinski definition) is 11. The number of carboxylic acids is 1. The van der Waals surface area contributed by atoms with Gasteiger partial charge >= 0.3 is 11.9 Å². The third kappa shape index (κ3) is 6.28. The molecule has 0 fully saturated rings. The Labute approximate surface area is 214 Å². The molecule has 16 nitrogen and oxygen atoms in total. The standard InChI is InChI=1S/C12H14N4O4.C10H10N4O4/c1-3-20-11(17)7-15(2)12-9-6-8(16(18)19)4-5-10(9)13-14-12;1-13(5-9(15)16)10-7-4-6(14(17)18)2-3-8(7)11-12-10/h4-6H,3,7H2,1-2H3,(H,13,14);2-4H,5H2,1H3,(H,11,12)(H,15,16). The Bertz CT molecular complexity index is 1500. The number of esters is 1. The largest absolute Gasteiger partial charge is 0.480 e. The zero-order valence-electron chi connectivity index (χ0n) is 20.6. The van der Waals surface area contributed by atoms with E-state index in [1.165, 1.54) is 29.2 Å². The number of carbonyl (C=O) groups is 2. The van der Waals surface area contributed by atoms with Gasteiger partial charge in [-0.05, 0) is 19.1 Å². The highest BCUT2D eigenvalue weighted by atomic mass is 16.6. The van der Waals surface area contributed by atoms with Gasteiger partial charge in [0.25, 0.3) is 11.4 Å². The second-order valence-corrected chi connectivity index (χ2v) is 7.98. The van der Waals surface area contributed by atoms with Gasteiger partial charge in [-0.1, -0.05) is 0 Å². The van der Waals surface area contributed by atoms with Crippen LogP contribution in [0.1, 0.15) is 6.92 Å². The summed E-state index contributed by atoms with van der Waals surface area (Å²) < 4.78 is 4.86. The topological polar surface area (TPSA) is 214 Å². The minimum atomic E-state index is -1.00. The first kappa shape index (κ1) is 27.3. The van der Waals surface area contributed by atoms with Crippen molar-refractivity contribution >= 4 is 56.8 Å². The maximum Gasteiger partial charge on any atom is 0.325 e. The lowest BCUT2D eigenvalue weighted by molar-refractivity contribution is -0.384. The number of non-ortho nitro benzene ring substituents is 2. The zero-order chi connectivity index (χ0) is 28.0. The predicted molar refractivity (Wildman–Crippen MR) is 136 cm³/mol. The molecular formula is C22H24N8O8. The first-order valence-electron chi connectivity index (χ1n) is 11.1. The van der Waals surface area contributed by atoms with Gasteiger partial charge in [0.05, 0.1) is 38.3 Å². The number of aromatic amines is 2. The van der Waals surface area contributed by atoms with Crippen LogP contribution in [0.2, 0.25) is 0 Å². The molecule has 2 heterocycles. The molecule has 0 aliphatic rings. The Hall–Kier alpha value is -5.28. The number of rotatable bonds is 9. The molecule has 0 spiro atoms. The molecule has 200 valence electrons. The number of fused-ring (bicyclic) bond motifs is 2.